The Balaban J connectivity index is 1.50. The van der Waals surface area contributed by atoms with Crippen molar-refractivity contribution in [2.45, 2.75) is 25.0 Å². The molecule has 4 aromatic rings. The van der Waals surface area contributed by atoms with Gasteiger partial charge in [-0.2, -0.15) is 5.01 Å². The largest absolute Gasteiger partial charge is 0.451 e. The first-order valence-corrected chi connectivity index (χ1v) is 12.8. The second-order valence-corrected chi connectivity index (χ2v) is 9.70. The number of para-hydroxylation sites is 2. The number of methoxy groups -OCH3 is 1. The van der Waals surface area contributed by atoms with Crippen molar-refractivity contribution in [3.8, 4) is 11.3 Å². The number of carbonyl (C=O) groups is 2. The lowest BCUT2D eigenvalue weighted by atomic mass is 9.95. The molecule has 0 unspecified atom stereocenters. The number of piperazine rings is 1. The summed E-state index contributed by atoms with van der Waals surface area (Å²) in [4.78, 5) is 34.4. The summed E-state index contributed by atoms with van der Waals surface area (Å²) in [5.74, 6) is -0.396. The number of amides is 2. The number of fused-ring (bicyclic) bond motifs is 3. The topological polar surface area (TPSA) is 86.8 Å². The van der Waals surface area contributed by atoms with E-state index < -0.39 is 12.0 Å². The normalized spacial score (nSPS) is 18.4. The van der Waals surface area contributed by atoms with Gasteiger partial charge in [0.05, 0.1) is 29.6 Å². The number of likely N-dealkylation sites (tertiary alicyclic amines) is 1. The number of rotatable bonds is 5. The monoisotopic (exact) mass is 507 g/mol. The molecule has 0 radical (unpaired) electrons. The fraction of sp³-hybridized carbons (Fsp3) is 0.233. The van der Waals surface area contributed by atoms with Crippen molar-refractivity contribution in [1.82, 2.24) is 20.6 Å². The number of nitrogens with one attached hydrogen (secondary N) is 2. The Kier molecular flexibility index (Phi) is 6.49. The molecular formula is C30H29N5O3. The fourth-order valence-electron chi connectivity index (χ4n) is 5.58. The maximum absolute atomic E-state index is 14.2. The first kappa shape index (κ1) is 24.1. The van der Waals surface area contributed by atoms with Crippen LogP contribution in [0.5, 0.6) is 0 Å². The van der Waals surface area contributed by atoms with Gasteiger partial charge in [-0.1, -0.05) is 66.7 Å². The summed E-state index contributed by atoms with van der Waals surface area (Å²) >= 11 is 0. The van der Waals surface area contributed by atoms with E-state index >= 15 is 0 Å². The maximum atomic E-state index is 14.2. The average Bonchev–Trinajstić information content (AvgIpc) is 3.59. The van der Waals surface area contributed by atoms with Crippen LogP contribution in [0, 0.1) is 0 Å². The molecule has 2 atom stereocenters. The summed E-state index contributed by atoms with van der Waals surface area (Å²) in [7, 11) is 1.29. The minimum atomic E-state index is -0.685. The molecule has 8 nitrogen and oxygen atoms in total. The minimum Gasteiger partial charge on any atom is -0.451 e. The van der Waals surface area contributed by atoms with Crippen molar-refractivity contribution >= 4 is 28.6 Å². The van der Waals surface area contributed by atoms with Gasteiger partial charge >= 0.3 is 6.09 Å². The summed E-state index contributed by atoms with van der Waals surface area (Å²) in [6.45, 7) is 2.44. The van der Waals surface area contributed by atoms with E-state index in [2.05, 4.69) is 15.6 Å². The lowest BCUT2D eigenvalue weighted by molar-refractivity contribution is 0.0940. The van der Waals surface area contributed by atoms with Crippen molar-refractivity contribution in [1.29, 1.82) is 0 Å². The van der Waals surface area contributed by atoms with Crippen molar-refractivity contribution in [3.63, 3.8) is 0 Å². The molecule has 0 aliphatic carbocycles. The predicted molar refractivity (Wildman–Crippen MR) is 147 cm³/mol. The number of ether oxygens (including phenoxy) is 1. The summed E-state index contributed by atoms with van der Waals surface area (Å²) in [5, 5.41) is 5.43. The number of hydrogen-bond donors (Lipinski definition) is 2. The van der Waals surface area contributed by atoms with Crippen molar-refractivity contribution in [3.05, 3.63) is 96.1 Å². The van der Waals surface area contributed by atoms with Crippen molar-refractivity contribution in [2.75, 3.05) is 25.2 Å². The number of carbonyl (C=O) groups excluding carboxylic acids is 2. The molecule has 2 N–H and O–H groups in total. The number of anilines is 1. The van der Waals surface area contributed by atoms with Gasteiger partial charge in [-0.05, 0) is 24.6 Å². The maximum Gasteiger partial charge on any atom is 0.433 e. The van der Waals surface area contributed by atoms with Gasteiger partial charge in [0.15, 0.2) is 0 Å². The molecule has 8 heteroatoms. The minimum absolute atomic E-state index is 0.396. The molecule has 3 heterocycles. The fourth-order valence-corrected chi connectivity index (χ4v) is 5.58. The zero-order chi connectivity index (χ0) is 26.1. The second-order valence-electron chi connectivity index (χ2n) is 9.70. The van der Waals surface area contributed by atoms with Crippen molar-refractivity contribution < 1.29 is 14.3 Å². The molecule has 2 bridgehead atoms. The van der Waals surface area contributed by atoms with E-state index in [9.17, 15) is 9.59 Å². The van der Waals surface area contributed by atoms with E-state index in [-0.39, 0.29) is 0 Å². The molecule has 2 saturated heterocycles. The van der Waals surface area contributed by atoms with Crippen LogP contribution >= 0.6 is 0 Å². The standard InChI is InChI=1S/C30H29N5O3/c1-38-30(37)35(22-12-6-3-7-13-22)33-29(36)27-24-14-8-9-15-26(24)32-28(20-10-4-2-5-11-20)25(27)19-34-18-21-16-23(34)17-31-21/h2-15,21,23,31H,16-19H2,1H3,(H,33,36)/t21-,23+/m0/s1. The highest BCUT2D eigenvalue weighted by Crippen LogP contribution is 2.34. The van der Waals surface area contributed by atoms with E-state index in [1.165, 1.54) is 7.11 Å². The Bertz CT molecular complexity index is 1480. The Morgan fingerprint density at radius 1 is 1.03 bits per heavy atom. The Morgan fingerprint density at radius 2 is 1.74 bits per heavy atom. The SMILES string of the molecule is COC(=O)N(NC(=O)c1c(CN2C[C@@H]3C[C@@H]2CN3)c(-c2ccccc2)nc2ccccc12)c1ccccc1. The smallest absolute Gasteiger partial charge is 0.433 e. The first-order valence-electron chi connectivity index (χ1n) is 12.8. The van der Waals surface area contributed by atoms with Crippen LogP contribution in [0.25, 0.3) is 22.2 Å². The van der Waals surface area contributed by atoms with Crippen LogP contribution in [0.3, 0.4) is 0 Å². The van der Waals surface area contributed by atoms with Gasteiger partial charge < -0.3 is 10.1 Å². The van der Waals surface area contributed by atoms with E-state index in [1.54, 1.807) is 24.3 Å². The molecule has 2 aliphatic rings. The average molecular weight is 508 g/mol. The molecule has 0 saturated carbocycles. The zero-order valence-electron chi connectivity index (χ0n) is 21.1. The van der Waals surface area contributed by atoms with Crippen LogP contribution < -0.4 is 15.8 Å². The number of benzene rings is 3. The number of hydrogen-bond acceptors (Lipinski definition) is 6. The molecular weight excluding hydrogens is 478 g/mol. The lowest BCUT2D eigenvalue weighted by Crippen LogP contribution is -2.47. The highest BCUT2D eigenvalue weighted by Gasteiger charge is 2.38. The van der Waals surface area contributed by atoms with E-state index in [0.717, 1.165) is 46.7 Å². The highest BCUT2D eigenvalue weighted by atomic mass is 16.5. The number of aromatic nitrogens is 1. The lowest BCUT2D eigenvalue weighted by Gasteiger charge is -2.29. The molecule has 2 aliphatic heterocycles. The highest BCUT2D eigenvalue weighted by molar-refractivity contribution is 6.10. The third kappa shape index (κ3) is 4.49. The van der Waals surface area contributed by atoms with Gasteiger partial charge in [0.25, 0.3) is 5.91 Å². The van der Waals surface area contributed by atoms with Gasteiger partial charge in [-0.3, -0.25) is 15.1 Å². The molecule has 6 rings (SSSR count). The van der Waals surface area contributed by atoms with Crippen LogP contribution in [0.4, 0.5) is 10.5 Å². The van der Waals surface area contributed by atoms with Crippen LogP contribution in [0.1, 0.15) is 22.3 Å². The number of hydrazine groups is 1. The predicted octanol–water partition coefficient (Wildman–Crippen LogP) is 4.37. The van der Waals surface area contributed by atoms with Gasteiger partial charge in [-0.25, -0.2) is 9.78 Å². The third-order valence-electron chi connectivity index (χ3n) is 7.38. The quantitative estimate of drug-likeness (QED) is 0.390. The summed E-state index contributed by atoms with van der Waals surface area (Å²) in [6.07, 6.45) is 0.420. The molecule has 2 fully saturated rings. The number of nitrogens with zero attached hydrogens (tertiary/aromatic N) is 3. The second kappa shape index (κ2) is 10.2. The van der Waals surface area contributed by atoms with Gasteiger partial charge in [-0.15, -0.1) is 0 Å². The Morgan fingerprint density at radius 3 is 2.42 bits per heavy atom. The Labute approximate surface area is 221 Å². The molecule has 38 heavy (non-hydrogen) atoms. The van der Waals surface area contributed by atoms with Crippen LogP contribution in [-0.4, -0.2) is 54.2 Å². The summed E-state index contributed by atoms with van der Waals surface area (Å²) in [6, 6.07) is 27.4. The zero-order valence-corrected chi connectivity index (χ0v) is 21.1. The van der Waals surface area contributed by atoms with Gasteiger partial charge in [0.1, 0.15) is 0 Å². The third-order valence-corrected chi connectivity index (χ3v) is 7.38. The van der Waals surface area contributed by atoms with E-state index in [0.29, 0.717) is 35.4 Å². The number of pyridine rings is 1. The molecule has 1 aromatic heterocycles. The van der Waals surface area contributed by atoms with Crippen molar-refractivity contribution in [2.24, 2.45) is 0 Å². The first-order chi connectivity index (χ1) is 18.6. The molecule has 3 aromatic carbocycles. The Hall–Kier alpha value is -4.27. The van der Waals surface area contributed by atoms with E-state index in [1.807, 2.05) is 60.7 Å². The molecule has 0 spiro atoms. The van der Waals surface area contributed by atoms with E-state index in [4.69, 9.17) is 9.72 Å². The van der Waals surface area contributed by atoms with Crippen LogP contribution in [0.2, 0.25) is 0 Å². The van der Waals surface area contributed by atoms with Crippen LogP contribution in [0.15, 0.2) is 84.9 Å². The summed E-state index contributed by atoms with van der Waals surface area (Å²) < 4.78 is 5.00. The van der Waals surface area contributed by atoms with Gasteiger partial charge in [0, 0.05) is 48.2 Å². The summed E-state index contributed by atoms with van der Waals surface area (Å²) in [5.41, 5.74) is 7.12. The van der Waals surface area contributed by atoms with Crippen LogP contribution in [-0.2, 0) is 11.3 Å². The van der Waals surface area contributed by atoms with Gasteiger partial charge in [0.2, 0.25) is 0 Å². The molecule has 2 amide bonds. The molecule has 192 valence electrons.